The first-order chi connectivity index (χ1) is 29.6. The van der Waals surface area contributed by atoms with E-state index in [-0.39, 0.29) is 0 Å². The van der Waals surface area contributed by atoms with Crippen molar-refractivity contribution >= 4 is 54.8 Å². The summed E-state index contributed by atoms with van der Waals surface area (Å²) in [6.45, 7) is 0.383. The molecule has 0 heterocycles. The van der Waals surface area contributed by atoms with Crippen LogP contribution < -0.4 is 5.73 Å². The summed E-state index contributed by atoms with van der Waals surface area (Å²) >= 11 is 0. The molecule has 4 nitrogen and oxygen atoms in total. The second kappa shape index (κ2) is 15.7. The second-order valence-electron chi connectivity index (χ2n) is 15.0. The molecule has 10 rings (SSSR count). The van der Waals surface area contributed by atoms with E-state index in [9.17, 15) is 5.26 Å². The third-order valence-corrected chi connectivity index (χ3v) is 11.4. The summed E-state index contributed by atoms with van der Waals surface area (Å²) in [6, 6.07) is 73.8. The van der Waals surface area contributed by atoms with Crippen LogP contribution in [0.2, 0.25) is 0 Å². The first-order valence-corrected chi connectivity index (χ1v) is 20.1. The summed E-state index contributed by atoms with van der Waals surface area (Å²) in [5, 5.41) is 18.8. The van der Waals surface area contributed by atoms with Crippen molar-refractivity contribution in [2.75, 3.05) is 0 Å². The molecular weight excluding hydrogens is 729 g/mol. The van der Waals surface area contributed by atoms with E-state index in [4.69, 9.17) is 15.7 Å². The van der Waals surface area contributed by atoms with Crippen molar-refractivity contribution in [3.8, 4) is 39.4 Å². The number of benzene rings is 10. The number of amidine groups is 2. The minimum absolute atomic E-state index is 0.383. The molecule has 0 atom stereocenters. The zero-order valence-electron chi connectivity index (χ0n) is 32.8. The molecule has 0 aromatic heterocycles. The predicted molar refractivity (Wildman–Crippen MR) is 251 cm³/mol. The number of fused-ring (bicyclic) bond motifs is 5. The minimum atomic E-state index is 0.383. The van der Waals surface area contributed by atoms with Crippen molar-refractivity contribution in [2.45, 2.75) is 6.54 Å². The molecule has 0 fully saturated rings. The number of rotatable bonds is 7. The fraction of sp³-hybridized carbons (Fsp3) is 0.0179. The number of nitrogens with two attached hydrogens (primary N) is 1. The van der Waals surface area contributed by atoms with Gasteiger partial charge in [0.1, 0.15) is 5.84 Å². The van der Waals surface area contributed by atoms with E-state index in [2.05, 4.69) is 146 Å². The lowest BCUT2D eigenvalue weighted by Crippen LogP contribution is -2.17. The summed E-state index contributed by atoms with van der Waals surface area (Å²) in [5.74, 6) is 0.940. The fourth-order valence-electron chi connectivity index (χ4n) is 8.51. The van der Waals surface area contributed by atoms with Crippen LogP contribution >= 0.6 is 0 Å². The maximum atomic E-state index is 9.34. The summed E-state index contributed by atoms with van der Waals surface area (Å²) < 4.78 is 0. The molecule has 2 N–H and O–H groups in total. The van der Waals surface area contributed by atoms with Crippen LogP contribution in [0.15, 0.2) is 216 Å². The molecule has 0 saturated carbocycles. The van der Waals surface area contributed by atoms with Crippen LogP contribution in [-0.2, 0) is 6.54 Å². The highest BCUT2D eigenvalue weighted by Gasteiger charge is 2.18. The molecule has 4 heteroatoms. The first-order valence-electron chi connectivity index (χ1n) is 20.1. The highest BCUT2D eigenvalue weighted by Crippen LogP contribution is 2.42. The van der Waals surface area contributed by atoms with Gasteiger partial charge < -0.3 is 5.73 Å². The van der Waals surface area contributed by atoms with Crippen LogP contribution in [0.25, 0.3) is 76.5 Å². The molecule has 0 aliphatic rings. The first kappa shape index (κ1) is 36.2. The highest BCUT2D eigenvalue weighted by molar-refractivity contribution is 6.24. The number of aliphatic imine (C=N–C) groups is 2. The average molecular weight is 767 g/mol. The van der Waals surface area contributed by atoms with E-state index < -0.39 is 0 Å². The van der Waals surface area contributed by atoms with Crippen molar-refractivity contribution in [1.29, 1.82) is 5.26 Å². The van der Waals surface area contributed by atoms with Crippen molar-refractivity contribution in [2.24, 2.45) is 15.7 Å². The highest BCUT2D eigenvalue weighted by atomic mass is 15.0. The molecule has 0 aliphatic heterocycles. The van der Waals surface area contributed by atoms with Gasteiger partial charge in [0.05, 0.1) is 18.2 Å². The lowest BCUT2D eigenvalue weighted by molar-refractivity contribution is 1.06. The summed E-state index contributed by atoms with van der Waals surface area (Å²) in [5.41, 5.74) is 17.0. The van der Waals surface area contributed by atoms with Crippen LogP contribution in [0.4, 0.5) is 0 Å². The quantitative estimate of drug-likeness (QED) is 0.0759. The molecular formula is C56H38N4. The van der Waals surface area contributed by atoms with Gasteiger partial charge >= 0.3 is 0 Å². The third kappa shape index (κ3) is 6.75. The van der Waals surface area contributed by atoms with Crippen molar-refractivity contribution < 1.29 is 0 Å². The molecule has 60 heavy (non-hydrogen) atoms. The van der Waals surface area contributed by atoms with Gasteiger partial charge in [0.25, 0.3) is 0 Å². The Morgan fingerprint density at radius 1 is 0.450 bits per heavy atom. The Bertz CT molecular complexity index is 3350. The average Bonchev–Trinajstić information content (AvgIpc) is 3.32. The molecule has 10 aromatic rings. The summed E-state index contributed by atoms with van der Waals surface area (Å²) in [4.78, 5) is 10.5. The largest absolute Gasteiger partial charge is 0.383 e. The second-order valence-corrected chi connectivity index (χ2v) is 15.0. The Kier molecular flexibility index (Phi) is 9.46. The minimum Gasteiger partial charge on any atom is -0.383 e. The predicted octanol–water partition coefficient (Wildman–Crippen LogP) is 13.5. The topological polar surface area (TPSA) is 74.5 Å². The Morgan fingerprint density at radius 2 is 1.13 bits per heavy atom. The smallest absolute Gasteiger partial charge is 0.157 e. The number of nitrogens with zero attached hydrogens (tertiary/aromatic N) is 3. The SMILES string of the molecule is N#Cc1ccc(-c2cccc(C/N=C(\N=C(/N)c3ccccc3-c3ccccc3)c3ccc(-c4c5ccccc5cc5c4ccc4ccccc45)c4ccccc34)c2)cc1. The maximum absolute atomic E-state index is 9.34. The summed E-state index contributed by atoms with van der Waals surface area (Å²) in [6.07, 6.45) is 0. The fourth-order valence-corrected chi connectivity index (χ4v) is 8.51. The normalized spacial score (nSPS) is 12.0. The molecule has 0 radical (unpaired) electrons. The van der Waals surface area contributed by atoms with Gasteiger partial charge in [-0.2, -0.15) is 5.26 Å². The van der Waals surface area contributed by atoms with Gasteiger partial charge in [0, 0.05) is 11.1 Å². The number of nitriles is 1. The van der Waals surface area contributed by atoms with E-state index in [0.29, 0.717) is 23.8 Å². The summed E-state index contributed by atoms with van der Waals surface area (Å²) in [7, 11) is 0. The molecule has 0 bridgehead atoms. The van der Waals surface area contributed by atoms with Gasteiger partial charge in [-0.05, 0) is 112 Å². The molecule has 0 saturated heterocycles. The van der Waals surface area contributed by atoms with Gasteiger partial charge in [-0.25, -0.2) is 4.99 Å². The van der Waals surface area contributed by atoms with E-state index in [1.165, 1.54) is 37.9 Å². The van der Waals surface area contributed by atoms with E-state index in [1.807, 2.05) is 66.7 Å². The third-order valence-electron chi connectivity index (χ3n) is 11.4. The monoisotopic (exact) mass is 766 g/mol. The van der Waals surface area contributed by atoms with Gasteiger partial charge in [0.2, 0.25) is 0 Å². The molecule has 282 valence electrons. The van der Waals surface area contributed by atoms with Crippen molar-refractivity contribution in [1.82, 2.24) is 0 Å². The van der Waals surface area contributed by atoms with Crippen LogP contribution in [0, 0.1) is 11.3 Å². The Morgan fingerprint density at radius 3 is 1.95 bits per heavy atom. The van der Waals surface area contributed by atoms with Crippen molar-refractivity contribution in [3.05, 3.63) is 229 Å². The van der Waals surface area contributed by atoms with Gasteiger partial charge in [0.15, 0.2) is 5.84 Å². The molecule has 0 amide bonds. The Balaban J connectivity index is 1.16. The molecule has 0 spiro atoms. The number of hydrogen-bond acceptors (Lipinski definition) is 2. The van der Waals surface area contributed by atoms with Gasteiger partial charge in [-0.15, -0.1) is 0 Å². The van der Waals surface area contributed by atoms with E-state index >= 15 is 0 Å². The van der Waals surface area contributed by atoms with Crippen LogP contribution in [-0.4, -0.2) is 11.7 Å². The Labute approximate surface area is 348 Å². The molecule has 0 unspecified atom stereocenters. The molecule has 10 aromatic carbocycles. The lowest BCUT2D eigenvalue weighted by Gasteiger charge is -2.17. The van der Waals surface area contributed by atoms with Crippen LogP contribution in [0.5, 0.6) is 0 Å². The Hall–Kier alpha value is -8.13. The molecule has 0 aliphatic carbocycles. The zero-order valence-corrected chi connectivity index (χ0v) is 32.8. The lowest BCUT2D eigenvalue weighted by atomic mass is 9.87. The standard InChI is InChI=1S/C56H38N4/c57-35-37-25-27-39(28-26-37)42-18-12-13-38(33-42)36-59-56(60-55(58)51-24-11-8-19-44(51)40-14-2-1-3-15-40)52-32-31-49(47-22-9-10-23-48(47)52)54-46-21-7-5-17-43(46)34-53-45-20-6-4-16-41(45)29-30-50(53)54/h1-34H,36H2,(H2,58,59,60). The maximum Gasteiger partial charge on any atom is 0.157 e. The number of hydrogen-bond donors (Lipinski definition) is 1. The van der Waals surface area contributed by atoms with Crippen LogP contribution in [0.3, 0.4) is 0 Å². The van der Waals surface area contributed by atoms with Crippen molar-refractivity contribution in [3.63, 3.8) is 0 Å². The van der Waals surface area contributed by atoms with E-state index in [1.54, 1.807) is 0 Å². The van der Waals surface area contributed by atoms with Crippen LogP contribution in [0.1, 0.15) is 22.3 Å². The van der Waals surface area contributed by atoms with E-state index in [0.717, 1.165) is 55.3 Å². The van der Waals surface area contributed by atoms with Gasteiger partial charge in [-0.3, -0.25) is 4.99 Å². The zero-order chi connectivity index (χ0) is 40.4. The van der Waals surface area contributed by atoms with Gasteiger partial charge in [-0.1, -0.05) is 176 Å².